The molecule has 0 spiro atoms. The molecule has 0 aliphatic rings. The molecule has 82 valence electrons. The summed E-state index contributed by atoms with van der Waals surface area (Å²) in [4.78, 5) is 11.6. The van der Waals surface area contributed by atoms with Crippen LogP contribution >= 0.6 is 11.8 Å². The monoisotopic (exact) mass is 222 g/mol. The van der Waals surface area contributed by atoms with E-state index in [0.29, 0.717) is 18.0 Å². The van der Waals surface area contributed by atoms with Crippen LogP contribution in [0.2, 0.25) is 0 Å². The second-order valence-electron chi connectivity index (χ2n) is 3.75. The Balaban J connectivity index is 2.34. The first-order chi connectivity index (χ1) is 7.22. The molecule has 0 saturated heterocycles. The summed E-state index contributed by atoms with van der Waals surface area (Å²) in [5.41, 5.74) is 2.37. The van der Waals surface area contributed by atoms with E-state index < -0.39 is 0 Å². The van der Waals surface area contributed by atoms with Crippen LogP contribution in [0, 0.1) is 6.92 Å². The fraction of sp³-hybridized carbons (Fsp3) is 0.462. The number of benzene rings is 1. The van der Waals surface area contributed by atoms with Gasteiger partial charge in [0.1, 0.15) is 5.78 Å². The molecule has 0 aliphatic heterocycles. The molecule has 0 N–H and O–H groups in total. The lowest BCUT2D eigenvalue weighted by Crippen LogP contribution is -2.06. The van der Waals surface area contributed by atoms with Crippen LogP contribution in [0.3, 0.4) is 0 Å². The van der Waals surface area contributed by atoms with Crippen LogP contribution in [0.15, 0.2) is 24.3 Å². The molecule has 2 heteroatoms. The maximum absolute atomic E-state index is 11.6. The number of ketones is 1. The van der Waals surface area contributed by atoms with Gasteiger partial charge in [-0.1, -0.05) is 36.8 Å². The molecule has 0 aromatic heterocycles. The molecule has 0 radical (unpaired) electrons. The molecule has 1 aromatic carbocycles. The predicted molar refractivity (Wildman–Crippen MR) is 67.5 cm³/mol. The van der Waals surface area contributed by atoms with E-state index in [1.54, 1.807) is 11.8 Å². The maximum atomic E-state index is 11.6. The SMILES string of the molecule is CCCSCC(=O)Cc1ccc(C)cc1. The Hall–Kier alpha value is -0.760. The average molecular weight is 222 g/mol. The van der Waals surface area contributed by atoms with Crippen LogP contribution in [0.4, 0.5) is 0 Å². The first-order valence-electron chi connectivity index (χ1n) is 5.37. The fourth-order valence-corrected chi connectivity index (χ4v) is 2.08. The minimum atomic E-state index is 0.331. The molecule has 0 bridgehead atoms. The molecule has 1 aromatic rings. The third kappa shape index (κ3) is 5.03. The zero-order valence-electron chi connectivity index (χ0n) is 9.45. The first-order valence-corrected chi connectivity index (χ1v) is 6.53. The van der Waals surface area contributed by atoms with E-state index in [9.17, 15) is 4.79 Å². The number of carbonyl (C=O) groups is 1. The normalized spacial score (nSPS) is 10.3. The number of Topliss-reactive ketones (excluding diaryl/α,β-unsaturated/α-hetero) is 1. The van der Waals surface area contributed by atoms with Crippen molar-refractivity contribution in [3.8, 4) is 0 Å². The second kappa shape index (κ2) is 6.67. The summed E-state index contributed by atoms with van der Waals surface area (Å²) in [5.74, 6) is 2.07. The van der Waals surface area contributed by atoms with Crippen molar-refractivity contribution in [3.05, 3.63) is 35.4 Å². The molecule has 15 heavy (non-hydrogen) atoms. The van der Waals surface area contributed by atoms with Gasteiger partial charge in [-0.2, -0.15) is 11.8 Å². The van der Waals surface area contributed by atoms with Crippen molar-refractivity contribution >= 4 is 17.5 Å². The summed E-state index contributed by atoms with van der Waals surface area (Å²) < 4.78 is 0. The van der Waals surface area contributed by atoms with Gasteiger partial charge >= 0.3 is 0 Å². The van der Waals surface area contributed by atoms with Crippen LogP contribution < -0.4 is 0 Å². The van der Waals surface area contributed by atoms with Crippen molar-refractivity contribution < 1.29 is 4.79 Å². The van der Waals surface area contributed by atoms with Crippen molar-refractivity contribution in [1.82, 2.24) is 0 Å². The smallest absolute Gasteiger partial charge is 0.147 e. The van der Waals surface area contributed by atoms with Crippen LogP contribution in [-0.4, -0.2) is 17.3 Å². The van der Waals surface area contributed by atoms with E-state index in [-0.39, 0.29) is 0 Å². The summed E-state index contributed by atoms with van der Waals surface area (Å²) in [6, 6.07) is 8.19. The summed E-state index contributed by atoms with van der Waals surface area (Å²) >= 11 is 1.73. The predicted octanol–water partition coefficient (Wildman–Crippen LogP) is 3.25. The zero-order valence-corrected chi connectivity index (χ0v) is 10.3. The number of carbonyl (C=O) groups excluding carboxylic acids is 1. The standard InChI is InChI=1S/C13H18OS/c1-3-8-15-10-13(14)9-12-6-4-11(2)5-7-12/h4-7H,3,8-10H2,1-2H3. The van der Waals surface area contributed by atoms with E-state index in [1.165, 1.54) is 5.56 Å². The Morgan fingerprint density at radius 3 is 2.53 bits per heavy atom. The fourth-order valence-electron chi connectivity index (χ4n) is 1.31. The van der Waals surface area contributed by atoms with Crippen LogP contribution in [0.25, 0.3) is 0 Å². The highest BCUT2D eigenvalue weighted by Gasteiger charge is 2.03. The Morgan fingerprint density at radius 1 is 1.27 bits per heavy atom. The van der Waals surface area contributed by atoms with Crippen molar-refractivity contribution in [2.24, 2.45) is 0 Å². The highest BCUT2D eigenvalue weighted by atomic mass is 32.2. The number of hydrogen-bond acceptors (Lipinski definition) is 2. The van der Waals surface area contributed by atoms with Crippen molar-refractivity contribution in [2.75, 3.05) is 11.5 Å². The van der Waals surface area contributed by atoms with Gasteiger partial charge in [0.25, 0.3) is 0 Å². The maximum Gasteiger partial charge on any atom is 0.147 e. The molecule has 0 unspecified atom stereocenters. The quantitative estimate of drug-likeness (QED) is 0.687. The molecule has 0 atom stereocenters. The van der Waals surface area contributed by atoms with Gasteiger partial charge < -0.3 is 0 Å². The van der Waals surface area contributed by atoms with Gasteiger partial charge in [-0.25, -0.2) is 0 Å². The molecule has 1 rings (SSSR count). The van der Waals surface area contributed by atoms with Crippen LogP contribution in [-0.2, 0) is 11.2 Å². The van der Waals surface area contributed by atoms with Gasteiger partial charge in [0, 0.05) is 6.42 Å². The molecule has 0 fully saturated rings. The zero-order chi connectivity index (χ0) is 11.1. The molecular formula is C13H18OS. The van der Waals surface area contributed by atoms with E-state index in [0.717, 1.165) is 17.7 Å². The summed E-state index contributed by atoms with van der Waals surface area (Å²) in [6.45, 7) is 4.19. The van der Waals surface area contributed by atoms with Gasteiger partial charge in [0.2, 0.25) is 0 Å². The summed E-state index contributed by atoms with van der Waals surface area (Å²) in [6.07, 6.45) is 1.72. The minimum absolute atomic E-state index is 0.331. The van der Waals surface area contributed by atoms with Crippen molar-refractivity contribution in [3.63, 3.8) is 0 Å². The Labute approximate surface area is 96.3 Å². The minimum Gasteiger partial charge on any atom is -0.298 e. The molecule has 0 heterocycles. The highest BCUT2D eigenvalue weighted by molar-refractivity contribution is 7.99. The summed E-state index contributed by atoms with van der Waals surface area (Å²) in [7, 11) is 0. The molecule has 1 nitrogen and oxygen atoms in total. The van der Waals surface area contributed by atoms with Gasteiger partial charge in [-0.15, -0.1) is 0 Å². The van der Waals surface area contributed by atoms with Crippen molar-refractivity contribution in [2.45, 2.75) is 26.7 Å². The van der Waals surface area contributed by atoms with Gasteiger partial charge in [0.15, 0.2) is 0 Å². The molecule has 0 aliphatic carbocycles. The van der Waals surface area contributed by atoms with E-state index >= 15 is 0 Å². The van der Waals surface area contributed by atoms with Crippen LogP contribution in [0.1, 0.15) is 24.5 Å². The Bertz CT molecular complexity index is 303. The number of aryl methyl sites for hydroxylation is 1. The topological polar surface area (TPSA) is 17.1 Å². The largest absolute Gasteiger partial charge is 0.298 e. The van der Waals surface area contributed by atoms with E-state index in [2.05, 4.69) is 26.0 Å². The lowest BCUT2D eigenvalue weighted by molar-refractivity contribution is -0.116. The lowest BCUT2D eigenvalue weighted by atomic mass is 10.1. The second-order valence-corrected chi connectivity index (χ2v) is 4.86. The third-order valence-electron chi connectivity index (χ3n) is 2.13. The number of hydrogen-bond donors (Lipinski definition) is 0. The Kier molecular flexibility index (Phi) is 5.48. The van der Waals surface area contributed by atoms with Gasteiger partial charge in [-0.3, -0.25) is 4.79 Å². The van der Waals surface area contributed by atoms with Gasteiger partial charge in [0.05, 0.1) is 5.75 Å². The first kappa shape index (κ1) is 12.3. The van der Waals surface area contributed by atoms with Gasteiger partial charge in [-0.05, 0) is 24.7 Å². The molecule has 0 saturated carbocycles. The van der Waals surface area contributed by atoms with Crippen molar-refractivity contribution in [1.29, 1.82) is 0 Å². The summed E-state index contributed by atoms with van der Waals surface area (Å²) in [5, 5.41) is 0. The highest BCUT2D eigenvalue weighted by Crippen LogP contribution is 2.07. The van der Waals surface area contributed by atoms with Crippen LogP contribution in [0.5, 0.6) is 0 Å². The number of thioether (sulfide) groups is 1. The lowest BCUT2D eigenvalue weighted by Gasteiger charge is -2.01. The molecular weight excluding hydrogens is 204 g/mol. The average Bonchev–Trinajstić information content (AvgIpc) is 2.22. The number of rotatable bonds is 6. The third-order valence-corrected chi connectivity index (χ3v) is 3.36. The van der Waals surface area contributed by atoms with E-state index in [4.69, 9.17) is 0 Å². The Morgan fingerprint density at radius 2 is 1.93 bits per heavy atom. The van der Waals surface area contributed by atoms with E-state index in [1.807, 2.05) is 12.1 Å². The molecule has 0 amide bonds.